The zero-order valence-electron chi connectivity index (χ0n) is 21.2. The topological polar surface area (TPSA) is 98.9 Å². The lowest BCUT2D eigenvalue weighted by Crippen LogP contribution is -2.34. The predicted octanol–water partition coefficient (Wildman–Crippen LogP) is 5.75. The number of likely N-dealkylation sites (tertiary alicyclic amines) is 1. The summed E-state index contributed by atoms with van der Waals surface area (Å²) in [6.07, 6.45) is 3.10. The Bertz CT molecular complexity index is 1310. The SMILES string of the molecule is CC(C)(C)OC(=O)Nc1ccc2[nH]c(-c3nnc(CN4CCC(Cc5ccccc5)CC4)[nH]3)cc2c1. The van der Waals surface area contributed by atoms with Crippen molar-refractivity contribution in [3.63, 3.8) is 0 Å². The Kier molecular flexibility index (Phi) is 6.78. The van der Waals surface area contributed by atoms with Gasteiger partial charge in [-0.1, -0.05) is 30.3 Å². The van der Waals surface area contributed by atoms with Crippen molar-refractivity contribution in [1.82, 2.24) is 25.1 Å². The van der Waals surface area contributed by atoms with Crippen LogP contribution in [-0.2, 0) is 17.7 Å². The van der Waals surface area contributed by atoms with E-state index in [0.717, 1.165) is 54.4 Å². The Hall–Kier alpha value is -3.65. The van der Waals surface area contributed by atoms with Gasteiger partial charge in [-0.3, -0.25) is 10.2 Å². The van der Waals surface area contributed by atoms with E-state index < -0.39 is 11.7 Å². The summed E-state index contributed by atoms with van der Waals surface area (Å²) >= 11 is 0. The largest absolute Gasteiger partial charge is 0.444 e. The number of fused-ring (bicyclic) bond motifs is 1. The van der Waals surface area contributed by atoms with Gasteiger partial charge < -0.3 is 14.7 Å². The number of nitrogens with one attached hydrogen (secondary N) is 3. The second kappa shape index (κ2) is 10.1. The van der Waals surface area contributed by atoms with Crippen molar-refractivity contribution in [3.8, 4) is 11.5 Å². The summed E-state index contributed by atoms with van der Waals surface area (Å²) in [5.74, 6) is 2.33. The second-order valence-electron chi connectivity index (χ2n) is 10.6. The van der Waals surface area contributed by atoms with Crippen LogP contribution in [0.5, 0.6) is 0 Å². The van der Waals surface area contributed by atoms with Crippen LogP contribution in [0.25, 0.3) is 22.4 Å². The number of aromatic nitrogens is 4. The minimum Gasteiger partial charge on any atom is -0.444 e. The van der Waals surface area contributed by atoms with Crippen LogP contribution in [0.3, 0.4) is 0 Å². The number of hydrogen-bond donors (Lipinski definition) is 3. The highest BCUT2D eigenvalue weighted by molar-refractivity contribution is 5.92. The third kappa shape index (κ3) is 6.12. The van der Waals surface area contributed by atoms with Crippen molar-refractivity contribution in [2.75, 3.05) is 18.4 Å². The van der Waals surface area contributed by atoms with Gasteiger partial charge in [-0.2, -0.15) is 0 Å². The number of hydrogen-bond acceptors (Lipinski definition) is 5. The molecule has 0 saturated carbocycles. The molecule has 0 atom stereocenters. The van der Waals surface area contributed by atoms with Gasteiger partial charge >= 0.3 is 6.09 Å². The summed E-state index contributed by atoms with van der Waals surface area (Å²) in [5, 5.41) is 12.5. The van der Waals surface area contributed by atoms with E-state index >= 15 is 0 Å². The van der Waals surface area contributed by atoms with Gasteiger partial charge in [0.25, 0.3) is 0 Å². The van der Waals surface area contributed by atoms with E-state index in [4.69, 9.17) is 4.74 Å². The minimum atomic E-state index is -0.544. The first kappa shape index (κ1) is 24.1. The van der Waals surface area contributed by atoms with Crippen molar-refractivity contribution in [2.45, 2.75) is 52.2 Å². The molecule has 0 spiro atoms. The Morgan fingerprint density at radius 2 is 1.83 bits per heavy atom. The molecule has 1 saturated heterocycles. The monoisotopic (exact) mass is 486 g/mol. The highest BCUT2D eigenvalue weighted by Gasteiger charge is 2.21. The summed E-state index contributed by atoms with van der Waals surface area (Å²) < 4.78 is 5.34. The molecule has 8 nitrogen and oxygen atoms in total. The molecule has 4 aromatic rings. The van der Waals surface area contributed by atoms with Gasteiger partial charge in [0.2, 0.25) is 0 Å². The van der Waals surface area contributed by atoms with E-state index in [-0.39, 0.29) is 0 Å². The number of carbonyl (C=O) groups excluding carboxylic acids is 1. The highest BCUT2D eigenvalue weighted by atomic mass is 16.6. The predicted molar refractivity (Wildman–Crippen MR) is 142 cm³/mol. The minimum absolute atomic E-state index is 0.471. The molecule has 0 radical (unpaired) electrons. The third-order valence-electron chi connectivity index (χ3n) is 6.50. The van der Waals surface area contributed by atoms with E-state index in [1.165, 1.54) is 18.4 Å². The van der Waals surface area contributed by atoms with Crippen molar-refractivity contribution >= 4 is 22.7 Å². The van der Waals surface area contributed by atoms with Crippen LogP contribution in [0.2, 0.25) is 0 Å². The lowest BCUT2D eigenvalue weighted by molar-refractivity contribution is 0.0636. The molecule has 188 valence electrons. The van der Waals surface area contributed by atoms with Crippen molar-refractivity contribution < 1.29 is 9.53 Å². The second-order valence-corrected chi connectivity index (χ2v) is 10.6. The number of nitrogens with zero attached hydrogens (tertiary/aromatic N) is 3. The molecule has 1 fully saturated rings. The zero-order chi connectivity index (χ0) is 25.1. The molecule has 1 aliphatic heterocycles. The number of amides is 1. The normalized spacial score (nSPS) is 15.3. The summed E-state index contributed by atoms with van der Waals surface area (Å²) in [5.41, 5.74) is 3.38. The standard InChI is InChI=1S/C28H34N6O2/c1-28(2,3)36-27(35)29-22-9-10-23-21(16-22)17-24(30-23)26-31-25(32-33-26)18-34-13-11-20(12-14-34)15-19-7-5-4-6-8-19/h4-10,16-17,20,30H,11-15,18H2,1-3H3,(H,29,35)(H,31,32,33). The maximum Gasteiger partial charge on any atom is 0.412 e. The number of piperidine rings is 1. The maximum atomic E-state index is 12.1. The molecule has 36 heavy (non-hydrogen) atoms. The molecule has 2 aromatic carbocycles. The first-order valence-electron chi connectivity index (χ1n) is 12.6. The van der Waals surface area contributed by atoms with Crippen molar-refractivity contribution in [1.29, 1.82) is 0 Å². The van der Waals surface area contributed by atoms with E-state index in [1.54, 1.807) is 0 Å². The summed E-state index contributed by atoms with van der Waals surface area (Å²) in [6, 6.07) is 18.5. The Morgan fingerprint density at radius 1 is 1.06 bits per heavy atom. The first-order chi connectivity index (χ1) is 17.3. The molecule has 0 unspecified atom stereocenters. The molecular formula is C28H34N6O2. The number of H-pyrrole nitrogens is 2. The number of benzene rings is 2. The summed E-state index contributed by atoms with van der Waals surface area (Å²) in [6.45, 7) is 8.45. The molecule has 0 aliphatic carbocycles. The molecule has 8 heteroatoms. The number of aromatic amines is 2. The zero-order valence-corrected chi connectivity index (χ0v) is 21.2. The first-order valence-corrected chi connectivity index (χ1v) is 12.6. The molecule has 0 bridgehead atoms. The van der Waals surface area contributed by atoms with Crippen LogP contribution < -0.4 is 5.32 Å². The van der Waals surface area contributed by atoms with Gasteiger partial charge in [-0.15, -0.1) is 10.2 Å². The Morgan fingerprint density at radius 3 is 2.58 bits per heavy atom. The van der Waals surface area contributed by atoms with Gasteiger partial charge in [-0.05, 0) is 88.9 Å². The van der Waals surface area contributed by atoms with Gasteiger partial charge in [0.05, 0.1) is 12.2 Å². The lowest BCUT2D eigenvalue weighted by atomic mass is 9.90. The van der Waals surface area contributed by atoms with E-state index in [1.807, 2.05) is 45.0 Å². The number of ether oxygens (including phenoxy) is 1. The van der Waals surface area contributed by atoms with Crippen LogP contribution >= 0.6 is 0 Å². The van der Waals surface area contributed by atoms with Gasteiger partial charge in [0, 0.05) is 16.6 Å². The third-order valence-corrected chi connectivity index (χ3v) is 6.50. The Labute approximate surface area is 211 Å². The fourth-order valence-electron chi connectivity index (χ4n) is 4.76. The molecule has 3 heterocycles. The molecule has 5 rings (SSSR count). The van der Waals surface area contributed by atoms with E-state index in [9.17, 15) is 4.79 Å². The van der Waals surface area contributed by atoms with Crippen molar-refractivity contribution in [2.24, 2.45) is 5.92 Å². The van der Waals surface area contributed by atoms with E-state index in [0.29, 0.717) is 11.5 Å². The van der Waals surface area contributed by atoms with Crippen LogP contribution in [-0.4, -0.2) is 49.8 Å². The van der Waals surface area contributed by atoms with Crippen LogP contribution in [0.4, 0.5) is 10.5 Å². The van der Waals surface area contributed by atoms with E-state index in [2.05, 4.69) is 60.7 Å². The fraction of sp³-hybridized carbons (Fsp3) is 0.393. The summed E-state index contributed by atoms with van der Waals surface area (Å²) in [4.78, 5) is 21.3. The fourth-order valence-corrected chi connectivity index (χ4v) is 4.76. The van der Waals surface area contributed by atoms with Gasteiger partial charge in [0.1, 0.15) is 11.4 Å². The maximum absolute atomic E-state index is 12.1. The van der Waals surface area contributed by atoms with Gasteiger partial charge in [0.15, 0.2) is 5.82 Å². The molecule has 2 aromatic heterocycles. The number of carbonyl (C=O) groups is 1. The average molecular weight is 487 g/mol. The van der Waals surface area contributed by atoms with Gasteiger partial charge in [-0.25, -0.2) is 4.79 Å². The molecule has 1 amide bonds. The molecular weight excluding hydrogens is 452 g/mol. The number of anilines is 1. The smallest absolute Gasteiger partial charge is 0.412 e. The van der Waals surface area contributed by atoms with Crippen LogP contribution in [0.1, 0.15) is 45.0 Å². The number of rotatable bonds is 6. The van der Waals surface area contributed by atoms with Crippen LogP contribution in [0.15, 0.2) is 54.6 Å². The molecule has 3 N–H and O–H groups in total. The van der Waals surface area contributed by atoms with Crippen LogP contribution in [0, 0.1) is 5.92 Å². The summed E-state index contributed by atoms with van der Waals surface area (Å²) in [7, 11) is 0. The average Bonchev–Trinajstić information content (AvgIpc) is 3.46. The van der Waals surface area contributed by atoms with Crippen molar-refractivity contribution in [3.05, 3.63) is 66.0 Å². The molecule has 1 aliphatic rings. The Balaban J connectivity index is 1.18. The highest BCUT2D eigenvalue weighted by Crippen LogP contribution is 2.26. The quantitative estimate of drug-likeness (QED) is 0.322. The lowest BCUT2D eigenvalue weighted by Gasteiger charge is -2.31.